The normalized spacial score (nSPS) is 27.3. The van der Waals surface area contributed by atoms with E-state index in [9.17, 15) is 23.2 Å². The van der Waals surface area contributed by atoms with Crippen molar-refractivity contribution < 1.29 is 32.3 Å². The van der Waals surface area contributed by atoms with Crippen LogP contribution in [-0.2, 0) is 19.9 Å². The molecular formula is C32H26Cl2F3N3O4. The Hall–Kier alpha value is -3.60. The second-order valence-corrected chi connectivity index (χ2v) is 12.7. The first-order chi connectivity index (χ1) is 21.0. The van der Waals surface area contributed by atoms with E-state index >= 15 is 4.39 Å². The van der Waals surface area contributed by atoms with E-state index < -0.39 is 53.0 Å². The molecule has 1 saturated carbocycles. The fourth-order valence-electron chi connectivity index (χ4n) is 7.76. The molecule has 7 nitrogen and oxygen atoms in total. The van der Waals surface area contributed by atoms with Crippen molar-refractivity contribution in [2.24, 2.45) is 11.8 Å². The first-order valence-corrected chi connectivity index (χ1v) is 14.9. The summed E-state index contributed by atoms with van der Waals surface area (Å²) in [6.07, 6.45) is -0.705. The predicted octanol–water partition coefficient (Wildman–Crippen LogP) is 6.24. The minimum Gasteiger partial charge on any atom is -0.465 e. The first-order valence-electron chi connectivity index (χ1n) is 14.2. The van der Waals surface area contributed by atoms with Crippen LogP contribution < -0.4 is 10.2 Å². The Morgan fingerprint density at radius 3 is 2.48 bits per heavy atom. The minimum absolute atomic E-state index is 0.0862. The number of anilines is 2. The number of rotatable bonds is 5. The average Bonchev–Trinajstić information content (AvgIpc) is 3.56. The van der Waals surface area contributed by atoms with E-state index in [1.54, 1.807) is 36.4 Å². The molecular weight excluding hydrogens is 618 g/mol. The lowest BCUT2D eigenvalue weighted by molar-refractivity contribution is -0.136. The molecule has 0 unspecified atom stereocenters. The van der Waals surface area contributed by atoms with Gasteiger partial charge in [-0.3, -0.25) is 14.5 Å². The summed E-state index contributed by atoms with van der Waals surface area (Å²) in [5.74, 6) is -7.37. The molecule has 2 saturated heterocycles. The molecule has 4 atom stereocenters. The third-order valence-corrected chi connectivity index (χ3v) is 10.1. The third-order valence-electron chi connectivity index (χ3n) is 9.53. The molecule has 2 amide bonds. The number of carbonyl (C=O) groups excluding carboxylic acids is 3. The summed E-state index contributed by atoms with van der Waals surface area (Å²) in [5.41, 5.74) is 0.200. The Balaban J connectivity index is 1.40. The molecule has 228 valence electrons. The highest BCUT2D eigenvalue weighted by atomic mass is 35.5. The smallest absolute Gasteiger partial charge is 0.337 e. The molecule has 3 fully saturated rings. The van der Waals surface area contributed by atoms with Gasteiger partial charge in [-0.1, -0.05) is 41.4 Å². The first kappa shape index (κ1) is 29.1. The van der Waals surface area contributed by atoms with Gasteiger partial charge in [-0.25, -0.2) is 18.0 Å². The van der Waals surface area contributed by atoms with E-state index in [0.717, 1.165) is 0 Å². The number of fused-ring (bicyclic) bond motifs is 3. The van der Waals surface area contributed by atoms with E-state index in [0.29, 0.717) is 27.5 Å². The Labute approximate surface area is 260 Å². The maximum absolute atomic E-state index is 16.0. The summed E-state index contributed by atoms with van der Waals surface area (Å²) in [5, 5.41) is 3.10. The number of hydrogen-bond donors (Lipinski definition) is 1. The quantitative estimate of drug-likeness (QED) is 0.333. The third kappa shape index (κ3) is 4.18. The molecule has 1 aliphatic carbocycles. The number of carbonyl (C=O) groups is 3. The van der Waals surface area contributed by atoms with Crippen molar-refractivity contribution in [1.82, 2.24) is 4.90 Å². The Morgan fingerprint density at radius 2 is 1.80 bits per heavy atom. The SMILES string of the molecule is COC(=O)c1ccc(N2C[C@H]3[C@@H](C2=O)[C@H](c2cccc(Cl)c2F)[C@]2(C(=O)Nc4cc(Cl)ccc42)N3CC2CC(F)(F)C2)cc1. The zero-order valence-electron chi connectivity index (χ0n) is 23.3. The highest BCUT2D eigenvalue weighted by molar-refractivity contribution is 6.31. The number of halogens is 5. The van der Waals surface area contributed by atoms with Crippen LogP contribution in [0.3, 0.4) is 0 Å². The van der Waals surface area contributed by atoms with Crippen LogP contribution in [0.1, 0.15) is 40.2 Å². The van der Waals surface area contributed by atoms with E-state index in [4.69, 9.17) is 27.9 Å². The summed E-state index contributed by atoms with van der Waals surface area (Å²) >= 11 is 12.5. The van der Waals surface area contributed by atoms with Gasteiger partial charge in [0.05, 0.1) is 23.6 Å². The number of esters is 1. The van der Waals surface area contributed by atoms with Gasteiger partial charge in [0.2, 0.25) is 17.7 Å². The average molecular weight is 644 g/mol. The Kier molecular flexibility index (Phi) is 6.77. The zero-order valence-corrected chi connectivity index (χ0v) is 24.8. The maximum Gasteiger partial charge on any atom is 0.337 e. The van der Waals surface area contributed by atoms with Gasteiger partial charge in [0.25, 0.3) is 0 Å². The van der Waals surface area contributed by atoms with Gasteiger partial charge < -0.3 is 15.0 Å². The molecule has 7 rings (SSSR count). The summed E-state index contributed by atoms with van der Waals surface area (Å²) in [7, 11) is 1.27. The molecule has 12 heteroatoms. The van der Waals surface area contributed by atoms with Crippen LogP contribution in [0.15, 0.2) is 60.7 Å². The van der Waals surface area contributed by atoms with Crippen LogP contribution in [0, 0.1) is 17.7 Å². The number of amides is 2. The van der Waals surface area contributed by atoms with Crippen LogP contribution in [0.4, 0.5) is 24.5 Å². The molecule has 1 spiro atoms. The molecule has 0 radical (unpaired) electrons. The van der Waals surface area contributed by atoms with Crippen molar-refractivity contribution in [3.05, 3.63) is 93.2 Å². The highest BCUT2D eigenvalue weighted by Gasteiger charge is 2.71. The van der Waals surface area contributed by atoms with E-state index in [2.05, 4.69) is 5.32 Å². The largest absolute Gasteiger partial charge is 0.465 e. The van der Waals surface area contributed by atoms with Gasteiger partial charge >= 0.3 is 5.97 Å². The molecule has 1 N–H and O–H groups in total. The van der Waals surface area contributed by atoms with E-state index in [-0.39, 0.29) is 42.4 Å². The summed E-state index contributed by atoms with van der Waals surface area (Å²) < 4.78 is 49.0. The number of benzene rings is 3. The number of nitrogens with one attached hydrogen (secondary N) is 1. The van der Waals surface area contributed by atoms with Crippen molar-refractivity contribution in [2.45, 2.75) is 36.3 Å². The second-order valence-electron chi connectivity index (χ2n) is 11.9. The number of likely N-dealkylation sites (tertiary alicyclic amines) is 1. The molecule has 44 heavy (non-hydrogen) atoms. The van der Waals surface area contributed by atoms with Crippen LogP contribution in [0.2, 0.25) is 10.0 Å². The second kappa shape index (κ2) is 10.2. The number of methoxy groups -OCH3 is 1. The zero-order chi connectivity index (χ0) is 31.1. The number of ether oxygens (including phenoxy) is 1. The lowest BCUT2D eigenvalue weighted by Gasteiger charge is -2.45. The molecule has 0 bridgehead atoms. The van der Waals surface area contributed by atoms with Gasteiger partial charge in [0, 0.05) is 59.9 Å². The maximum atomic E-state index is 16.0. The highest BCUT2D eigenvalue weighted by Crippen LogP contribution is 2.62. The minimum atomic E-state index is -2.81. The van der Waals surface area contributed by atoms with Gasteiger partial charge in [-0.15, -0.1) is 0 Å². The molecule has 3 heterocycles. The van der Waals surface area contributed by atoms with Crippen LogP contribution in [-0.4, -0.2) is 54.8 Å². The number of nitrogens with zero attached hydrogens (tertiary/aromatic N) is 2. The lowest BCUT2D eigenvalue weighted by atomic mass is 9.71. The summed E-state index contributed by atoms with van der Waals surface area (Å²) in [6.45, 7) is 0.203. The molecule has 4 aliphatic rings. The van der Waals surface area contributed by atoms with Crippen molar-refractivity contribution in [3.8, 4) is 0 Å². The van der Waals surface area contributed by atoms with Gasteiger partial charge in [-0.05, 0) is 53.9 Å². The summed E-state index contributed by atoms with van der Waals surface area (Å²) in [6, 6.07) is 15.0. The van der Waals surface area contributed by atoms with Crippen molar-refractivity contribution in [3.63, 3.8) is 0 Å². The van der Waals surface area contributed by atoms with E-state index in [1.165, 1.54) is 36.3 Å². The van der Waals surface area contributed by atoms with Crippen molar-refractivity contribution in [1.29, 1.82) is 0 Å². The fraction of sp³-hybridized carbons (Fsp3) is 0.344. The van der Waals surface area contributed by atoms with Gasteiger partial charge in [0.15, 0.2) is 0 Å². The van der Waals surface area contributed by atoms with Crippen molar-refractivity contribution in [2.75, 3.05) is 30.4 Å². The molecule has 3 aromatic rings. The molecule has 0 aromatic heterocycles. The van der Waals surface area contributed by atoms with Gasteiger partial charge in [0.1, 0.15) is 11.4 Å². The van der Waals surface area contributed by atoms with Crippen LogP contribution in [0.25, 0.3) is 0 Å². The predicted molar refractivity (Wildman–Crippen MR) is 158 cm³/mol. The summed E-state index contributed by atoms with van der Waals surface area (Å²) in [4.78, 5) is 44.2. The fourth-order valence-corrected chi connectivity index (χ4v) is 8.11. The number of alkyl halides is 2. The topological polar surface area (TPSA) is 78.9 Å². The van der Waals surface area contributed by atoms with Gasteiger partial charge in [-0.2, -0.15) is 0 Å². The lowest BCUT2D eigenvalue weighted by Crippen LogP contribution is -2.56. The monoisotopic (exact) mass is 643 g/mol. The molecule has 3 aliphatic heterocycles. The van der Waals surface area contributed by atoms with E-state index in [1.807, 2.05) is 4.90 Å². The number of hydrogen-bond acceptors (Lipinski definition) is 5. The Bertz CT molecular complexity index is 1710. The van der Waals surface area contributed by atoms with Crippen LogP contribution in [0.5, 0.6) is 0 Å². The Morgan fingerprint density at radius 1 is 1.07 bits per heavy atom. The molecule has 3 aromatic carbocycles. The van der Waals surface area contributed by atoms with Crippen molar-refractivity contribution >= 4 is 52.4 Å². The van der Waals surface area contributed by atoms with Crippen LogP contribution >= 0.6 is 23.2 Å². The standard InChI is InChI=1S/C32H26Cl2F3N3O4/c1-44-29(42)17-5-8-19(9-6-17)39-15-24-25(28(39)41)26(20-3-2-4-22(34)27(20)35)32(40(24)14-16-12-31(36,37)13-16)21-10-7-18(33)11-23(21)38-30(32)43/h2-11,16,24-26H,12-15H2,1H3,(H,38,43)/t24-,25+,26-,32+/m0/s1.